The average Bonchev–Trinajstić information content (AvgIpc) is 2.46. The number of hydrogen-bond donors (Lipinski definition) is 1. The maximum Gasteiger partial charge on any atom is 0.340 e. The number of carboxylic acid groups (broad SMARTS) is 1. The predicted molar refractivity (Wildman–Crippen MR) is 82.9 cm³/mol. The van der Waals surface area contributed by atoms with Crippen molar-refractivity contribution in [1.29, 1.82) is 0 Å². The van der Waals surface area contributed by atoms with E-state index < -0.39 is 5.97 Å². The second-order valence-corrected chi connectivity index (χ2v) is 5.29. The van der Waals surface area contributed by atoms with Gasteiger partial charge in [-0.1, -0.05) is 40.2 Å². The van der Waals surface area contributed by atoms with E-state index in [1.165, 1.54) is 6.20 Å². The molecule has 1 heterocycles. The van der Waals surface area contributed by atoms with Crippen molar-refractivity contribution in [2.75, 3.05) is 0 Å². The van der Waals surface area contributed by atoms with Gasteiger partial charge in [0.2, 0.25) is 0 Å². The van der Waals surface area contributed by atoms with Gasteiger partial charge in [-0.15, -0.1) is 0 Å². The summed E-state index contributed by atoms with van der Waals surface area (Å²) in [5.74, 6) is -0.276. The van der Waals surface area contributed by atoms with Crippen molar-refractivity contribution in [2.24, 2.45) is 0 Å². The largest absolute Gasteiger partial charge is 0.478 e. The predicted octanol–water partition coefficient (Wildman–Crippen LogP) is 4.49. The molecule has 5 heteroatoms. The highest BCUT2D eigenvalue weighted by molar-refractivity contribution is 9.10. The third-order valence-corrected chi connectivity index (χ3v) is 3.47. The number of ether oxygens (including phenoxy) is 1. The van der Waals surface area contributed by atoms with Crippen LogP contribution in [0.4, 0.5) is 0 Å². The molecule has 0 amide bonds. The smallest absolute Gasteiger partial charge is 0.340 e. The van der Waals surface area contributed by atoms with E-state index >= 15 is 0 Å². The first-order valence-electron chi connectivity index (χ1n) is 6.19. The molecule has 2 aromatic carbocycles. The van der Waals surface area contributed by atoms with Crippen LogP contribution in [0.3, 0.4) is 0 Å². The van der Waals surface area contributed by atoms with Crippen LogP contribution in [0.2, 0.25) is 0 Å². The lowest BCUT2D eigenvalue weighted by atomic mass is 10.1. The Labute approximate surface area is 129 Å². The van der Waals surface area contributed by atoms with Gasteiger partial charge in [-0.25, -0.2) is 4.79 Å². The molecule has 1 N–H and O–H groups in total. The molecular weight excluding hydrogens is 334 g/mol. The summed E-state index contributed by atoms with van der Waals surface area (Å²) >= 11 is 3.35. The van der Waals surface area contributed by atoms with Gasteiger partial charge in [0.1, 0.15) is 11.3 Å². The van der Waals surface area contributed by atoms with Gasteiger partial charge in [0, 0.05) is 9.86 Å². The molecule has 0 saturated carbocycles. The van der Waals surface area contributed by atoms with Crippen molar-refractivity contribution in [3.63, 3.8) is 0 Å². The van der Waals surface area contributed by atoms with Crippen LogP contribution in [0.5, 0.6) is 11.5 Å². The van der Waals surface area contributed by atoms with E-state index in [0.717, 1.165) is 4.47 Å². The molecule has 3 rings (SSSR count). The number of hydrogen-bond acceptors (Lipinski definition) is 3. The van der Waals surface area contributed by atoms with Crippen LogP contribution in [0.15, 0.2) is 59.2 Å². The molecule has 1 aromatic heterocycles. The summed E-state index contributed by atoms with van der Waals surface area (Å²) in [7, 11) is 0. The highest BCUT2D eigenvalue weighted by Crippen LogP contribution is 2.31. The van der Waals surface area contributed by atoms with Crippen LogP contribution in [0.1, 0.15) is 10.4 Å². The Morgan fingerprint density at radius 3 is 2.71 bits per heavy atom. The summed E-state index contributed by atoms with van der Waals surface area (Å²) in [6.07, 6.45) is 1.44. The molecule has 3 aromatic rings. The Morgan fingerprint density at radius 1 is 1.14 bits per heavy atom. The van der Waals surface area contributed by atoms with Crippen LogP contribution >= 0.6 is 15.9 Å². The molecule has 0 aliphatic heterocycles. The van der Waals surface area contributed by atoms with Crippen molar-refractivity contribution >= 4 is 32.8 Å². The van der Waals surface area contributed by atoms with Crippen LogP contribution in [-0.4, -0.2) is 16.1 Å². The average molecular weight is 344 g/mol. The number of halogens is 1. The number of nitrogens with zero attached hydrogens (tertiary/aromatic N) is 1. The third-order valence-electron chi connectivity index (χ3n) is 2.98. The molecule has 0 saturated heterocycles. The van der Waals surface area contributed by atoms with E-state index in [1.54, 1.807) is 30.3 Å². The van der Waals surface area contributed by atoms with Crippen LogP contribution < -0.4 is 4.74 Å². The number of carbonyl (C=O) groups is 1. The zero-order chi connectivity index (χ0) is 14.8. The minimum atomic E-state index is -1.04. The third kappa shape index (κ3) is 2.73. The quantitative estimate of drug-likeness (QED) is 0.761. The van der Waals surface area contributed by atoms with E-state index in [1.807, 2.05) is 18.2 Å². The standard InChI is InChI=1S/C16H10BrNO3/c17-10-4-3-5-11(8-10)21-14-9-18-13-7-2-1-6-12(13)15(14)16(19)20/h1-9H,(H,19,20). The molecule has 21 heavy (non-hydrogen) atoms. The molecule has 0 aliphatic rings. The number of rotatable bonds is 3. The van der Waals surface area contributed by atoms with Gasteiger partial charge < -0.3 is 9.84 Å². The Hall–Kier alpha value is -2.40. The highest BCUT2D eigenvalue weighted by atomic mass is 79.9. The number of aromatic nitrogens is 1. The van der Waals surface area contributed by atoms with E-state index in [4.69, 9.17) is 4.74 Å². The molecule has 0 fully saturated rings. The van der Waals surface area contributed by atoms with Crippen molar-refractivity contribution in [2.45, 2.75) is 0 Å². The highest BCUT2D eigenvalue weighted by Gasteiger charge is 2.17. The molecule has 0 unspecified atom stereocenters. The first kappa shape index (κ1) is 13.6. The van der Waals surface area contributed by atoms with E-state index in [9.17, 15) is 9.90 Å². The lowest BCUT2D eigenvalue weighted by molar-refractivity contribution is 0.0696. The van der Waals surface area contributed by atoms with Gasteiger partial charge >= 0.3 is 5.97 Å². The Kier molecular flexibility index (Phi) is 3.58. The lowest BCUT2D eigenvalue weighted by Gasteiger charge is -2.10. The fourth-order valence-corrected chi connectivity index (χ4v) is 2.46. The molecule has 0 bridgehead atoms. The van der Waals surface area contributed by atoms with Gasteiger partial charge in [0.25, 0.3) is 0 Å². The fraction of sp³-hybridized carbons (Fsp3) is 0. The summed E-state index contributed by atoms with van der Waals surface area (Å²) in [6.45, 7) is 0. The van der Waals surface area contributed by atoms with Crippen LogP contribution in [0.25, 0.3) is 10.9 Å². The van der Waals surface area contributed by atoms with Crippen molar-refractivity contribution < 1.29 is 14.6 Å². The minimum absolute atomic E-state index is 0.112. The number of pyridine rings is 1. The first-order chi connectivity index (χ1) is 10.1. The SMILES string of the molecule is O=C(O)c1c(Oc2cccc(Br)c2)cnc2ccccc12. The Bertz CT molecular complexity index is 833. The maximum atomic E-state index is 11.6. The Balaban J connectivity index is 2.14. The van der Waals surface area contributed by atoms with Crippen LogP contribution in [0, 0.1) is 0 Å². The van der Waals surface area contributed by atoms with Gasteiger partial charge in [0.05, 0.1) is 11.7 Å². The van der Waals surface area contributed by atoms with Gasteiger partial charge in [-0.05, 0) is 24.3 Å². The summed E-state index contributed by atoms with van der Waals surface area (Å²) < 4.78 is 6.54. The summed E-state index contributed by atoms with van der Waals surface area (Å²) in [6, 6.07) is 14.3. The number of aromatic carboxylic acids is 1. The molecule has 0 radical (unpaired) electrons. The summed E-state index contributed by atoms with van der Waals surface area (Å²) in [5, 5.41) is 10.0. The number of fused-ring (bicyclic) bond motifs is 1. The Morgan fingerprint density at radius 2 is 1.95 bits per heavy atom. The van der Waals surface area contributed by atoms with E-state index in [2.05, 4.69) is 20.9 Å². The zero-order valence-electron chi connectivity index (χ0n) is 10.8. The van der Waals surface area contributed by atoms with Crippen molar-refractivity contribution in [3.8, 4) is 11.5 Å². The second-order valence-electron chi connectivity index (χ2n) is 4.38. The topological polar surface area (TPSA) is 59.4 Å². The minimum Gasteiger partial charge on any atom is -0.478 e. The second kappa shape index (κ2) is 5.54. The fourth-order valence-electron chi connectivity index (χ4n) is 2.08. The number of benzene rings is 2. The zero-order valence-corrected chi connectivity index (χ0v) is 12.4. The molecular formula is C16H10BrNO3. The van der Waals surface area contributed by atoms with Crippen LogP contribution in [-0.2, 0) is 0 Å². The monoisotopic (exact) mass is 343 g/mol. The van der Waals surface area contributed by atoms with Gasteiger partial charge in [0.15, 0.2) is 5.75 Å². The van der Waals surface area contributed by atoms with Gasteiger partial charge in [-0.2, -0.15) is 0 Å². The summed E-state index contributed by atoms with van der Waals surface area (Å²) in [4.78, 5) is 15.8. The molecule has 104 valence electrons. The van der Waals surface area contributed by atoms with E-state index in [0.29, 0.717) is 16.7 Å². The number of carboxylic acids is 1. The van der Waals surface area contributed by atoms with Crippen molar-refractivity contribution in [3.05, 3.63) is 64.8 Å². The lowest BCUT2D eigenvalue weighted by Crippen LogP contribution is -2.02. The molecule has 0 atom stereocenters. The van der Waals surface area contributed by atoms with E-state index in [-0.39, 0.29) is 11.3 Å². The molecule has 0 aliphatic carbocycles. The molecule has 0 spiro atoms. The molecule has 4 nitrogen and oxygen atoms in total. The first-order valence-corrected chi connectivity index (χ1v) is 6.99. The van der Waals surface area contributed by atoms with Gasteiger partial charge in [-0.3, -0.25) is 4.98 Å². The maximum absolute atomic E-state index is 11.6. The van der Waals surface area contributed by atoms with Crippen molar-refractivity contribution in [1.82, 2.24) is 4.98 Å². The normalized spacial score (nSPS) is 10.5. The number of para-hydroxylation sites is 1. The summed E-state index contributed by atoms with van der Waals surface area (Å²) in [5.41, 5.74) is 0.733.